The van der Waals surface area contributed by atoms with E-state index in [-0.39, 0.29) is 12.5 Å². The maximum atomic E-state index is 5.73. The number of fused-ring (bicyclic) bond motifs is 1. The molecule has 25 heavy (non-hydrogen) atoms. The van der Waals surface area contributed by atoms with Gasteiger partial charge in [-0.25, -0.2) is 0 Å². The molecule has 10 heteroatoms. The molecule has 126 valence electrons. The van der Waals surface area contributed by atoms with E-state index in [2.05, 4.69) is 30.7 Å². The third-order valence-electron chi connectivity index (χ3n) is 3.39. The number of rotatable bonds is 5. The fourth-order valence-corrected chi connectivity index (χ4v) is 2.23. The Balaban J connectivity index is 1.72. The van der Waals surface area contributed by atoms with Crippen molar-refractivity contribution in [2.75, 3.05) is 7.11 Å². The Morgan fingerprint density at radius 1 is 1.20 bits per heavy atom. The van der Waals surface area contributed by atoms with Gasteiger partial charge in [-0.15, -0.1) is 15.3 Å². The second kappa shape index (κ2) is 6.15. The van der Waals surface area contributed by atoms with E-state index in [1.165, 1.54) is 11.6 Å². The highest BCUT2D eigenvalue weighted by Gasteiger charge is 2.17. The zero-order chi connectivity index (χ0) is 17.2. The van der Waals surface area contributed by atoms with Crippen LogP contribution in [0.5, 0.6) is 11.6 Å². The van der Waals surface area contributed by atoms with Gasteiger partial charge in [-0.2, -0.15) is 14.7 Å². The predicted molar refractivity (Wildman–Crippen MR) is 83.9 cm³/mol. The molecule has 0 N–H and O–H groups in total. The lowest BCUT2D eigenvalue weighted by Crippen LogP contribution is -2.05. The maximum Gasteiger partial charge on any atom is 0.275 e. The minimum absolute atomic E-state index is 0.198. The van der Waals surface area contributed by atoms with E-state index in [4.69, 9.17) is 14.0 Å². The first-order valence-electron chi connectivity index (χ1n) is 7.38. The van der Waals surface area contributed by atoms with Crippen LogP contribution in [0, 0.1) is 6.92 Å². The number of hydrogen-bond acceptors (Lipinski definition) is 9. The smallest absolute Gasteiger partial charge is 0.275 e. The van der Waals surface area contributed by atoms with Crippen molar-refractivity contribution in [1.82, 2.24) is 35.2 Å². The second-order valence-electron chi connectivity index (χ2n) is 5.14. The number of aromatic nitrogens is 7. The summed E-state index contributed by atoms with van der Waals surface area (Å²) in [6.07, 6.45) is 1.59. The summed E-state index contributed by atoms with van der Waals surface area (Å²) in [6, 6.07) is 7.02. The van der Waals surface area contributed by atoms with Crippen molar-refractivity contribution in [3.05, 3.63) is 41.9 Å². The Morgan fingerprint density at radius 3 is 2.84 bits per heavy atom. The lowest BCUT2D eigenvalue weighted by molar-refractivity contribution is 0.263. The molecule has 4 aromatic rings. The van der Waals surface area contributed by atoms with Crippen LogP contribution in [0.25, 0.3) is 17.2 Å². The van der Waals surface area contributed by atoms with Crippen LogP contribution in [-0.2, 0) is 6.61 Å². The molecule has 0 saturated heterocycles. The van der Waals surface area contributed by atoms with Gasteiger partial charge in [-0.05, 0) is 19.1 Å². The molecule has 10 nitrogen and oxygen atoms in total. The Morgan fingerprint density at radius 2 is 2.12 bits per heavy atom. The Labute approximate surface area is 141 Å². The fraction of sp³-hybridized carbons (Fsp3) is 0.200. The second-order valence-corrected chi connectivity index (χ2v) is 5.14. The topological polar surface area (TPSA) is 113 Å². The average molecular weight is 339 g/mol. The van der Waals surface area contributed by atoms with Crippen molar-refractivity contribution in [1.29, 1.82) is 0 Å². The third-order valence-corrected chi connectivity index (χ3v) is 3.39. The summed E-state index contributed by atoms with van der Waals surface area (Å²) in [5.41, 5.74) is 1.70. The molecule has 0 spiro atoms. The Bertz CT molecular complexity index is 1010. The van der Waals surface area contributed by atoms with Crippen LogP contribution in [0.4, 0.5) is 0 Å². The fourth-order valence-electron chi connectivity index (χ4n) is 2.23. The summed E-state index contributed by atoms with van der Waals surface area (Å²) < 4.78 is 17.7. The molecule has 0 aromatic carbocycles. The third kappa shape index (κ3) is 2.84. The van der Waals surface area contributed by atoms with Gasteiger partial charge in [0.25, 0.3) is 5.88 Å². The normalized spacial score (nSPS) is 11.0. The predicted octanol–water partition coefficient (Wildman–Crippen LogP) is 1.47. The monoisotopic (exact) mass is 339 g/mol. The van der Waals surface area contributed by atoms with Gasteiger partial charge in [0.05, 0.1) is 7.11 Å². The van der Waals surface area contributed by atoms with Gasteiger partial charge in [0.2, 0.25) is 5.82 Å². The van der Waals surface area contributed by atoms with Gasteiger partial charge in [0, 0.05) is 18.3 Å². The van der Waals surface area contributed by atoms with Crippen LogP contribution in [0.3, 0.4) is 0 Å². The minimum atomic E-state index is 0.198. The van der Waals surface area contributed by atoms with Crippen molar-refractivity contribution in [2.45, 2.75) is 13.5 Å². The highest BCUT2D eigenvalue weighted by Crippen LogP contribution is 2.27. The van der Waals surface area contributed by atoms with E-state index in [9.17, 15) is 0 Å². The number of ether oxygens (including phenoxy) is 2. The zero-order valence-electron chi connectivity index (χ0n) is 13.4. The minimum Gasteiger partial charge on any atom is -0.491 e. The lowest BCUT2D eigenvalue weighted by atomic mass is 10.3. The molecule has 0 saturated carbocycles. The van der Waals surface area contributed by atoms with Crippen molar-refractivity contribution >= 4 is 5.65 Å². The van der Waals surface area contributed by atoms with E-state index >= 15 is 0 Å². The van der Waals surface area contributed by atoms with E-state index < -0.39 is 0 Å². The summed E-state index contributed by atoms with van der Waals surface area (Å²) in [5.74, 6) is 1.83. The molecule has 0 aliphatic carbocycles. The standard InChI is InChI=1S/C15H13N7O3/c1-9-6-11(21-25-9)14-19-18-13-7-12(23-2)15(20-22(13)14)24-8-10-4-3-5-16-17-10/h3-7H,8H2,1-2H3. The molecule has 0 fully saturated rings. The maximum absolute atomic E-state index is 5.73. The number of methoxy groups -OCH3 is 1. The molecule has 4 aromatic heterocycles. The van der Waals surface area contributed by atoms with Crippen molar-refractivity contribution in [3.63, 3.8) is 0 Å². The molecule has 0 amide bonds. The molecule has 0 unspecified atom stereocenters. The molecule has 0 atom stereocenters. The molecule has 0 bridgehead atoms. The Kier molecular flexibility index (Phi) is 3.69. The van der Waals surface area contributed by atoms with Gasteiger partial charge in [-0.1, -0.05) is 5.16 Å². The highest BCUT2D eigenvalue weighted by atomic mass is 16.5. The van der Waals surface area contributed by atoms with Gasteiger partial charge < -0.3 is 14.0 Å². The summed E-state index contributed by atoms with van der Waals surface area (Å²) in [5, 5.41) is 24.3. The van der Waals surface area contributed by atoms with Crippen molar-refractivity contribution in [2.24, 2.45) is 0 Å². The first-order chi connectivity index (χ1) is 12.2. The first kappa shape index (κ1) is 15.0. The van der Waals surface area contributed by atoms with Crippen LogP contribution in [-0.4, -0.2) is 42.3 Å². The number of aryl methyl sites for hydroxylation is 1. The highest BCUT2D eigenvalue weighted by molar-refractivity contribution is 5.56. The molecule has 0 radical (unpaired) electrons. The molecule has 0 aliphatic rings. The van der Waals surface area contributed by atoms with Crippen molar-refractivity contribution in [3.8, 4) is 23.1 Å². The van der Waals surface area contributed by atoms with Gasteiger partial charge in [0.1, 0.15) is 18.1 Å². The van der Waals surface area contributed by atoms with Gasteiger partial charge >= 0.3 is 0 Å². The summed E-state index contributed by atoms with van der Waals surface area (Å²) >= 11 is 0. The van der Waals surface area contributed by atoms with E-state index in [1.54, 1.807) is 37.4 Å². The van der Waals surface area contributed by atoms with E-state index in [1.807, 2.05) is 0 Å². The molecular weight excluding hydrogens is 326 g/mol. The van der Waals surface area contributed by atoms with Crippen LogP contribution < -0.4 is 9.47 Å². The average Bonchev–Trinajstić information content (AvgIpc) is 3.25. The molecule has 4 rings (SSSR count). The largest absolute Gasteiger partial charge is 0.491 e. The number of hydrogen-bond donors (Lipinski definition) is 0. The number of nitrogens with zero attached hydrogens (tertiary/aromatic N) is 7. The van der Waals surface area contributed by atoms with Crippen LogP contribution in [0.15, 0.2) is 35.0 Å². The summed E-state index contributed by atoms with van der Waals surface area (Å²) in [6.45, 7) is 1.99. The Hall–Kier alpha value is -3.56. The van der Waals surface area contributed by atoms with E-state index in [0.29, 0.717) is 34.4 Å². The quantitative estimate of drug-likeness (QED) is 0.533. The first-order valence-corrected chi connectivity index (χ1v) is 7.38. The summed E-state index contributed by atoms with van der Waals surface area (Å²) in [4.78, 5) is 0. The SMILES string of the molecule is COc1cc2nnc(-c3cc(C)on3)n2nc1OCc1cccnn1. The van der Waals surface area contributed by atoms with Crippen LogP contribution >= 0.6 is 0 Å². The lowest BCUT2D eigenvalue weighted by Gasteiger charge is -2.09. The van der Waals surface area contributed by atoms with Gasteiger partial charge in [-0.3, -0.25) is 0 Å². The van der Waals surface area contributed by atoms with Gasteiger partial charge in [0.15, 0.2) is 17.1 Å². The van der Waals surface area contributed by atoms with Crippen LogP contribution in [0.2, 0.25) is 0 Å². The molecule has 0 aliphatic heterocycles. The summed E-state index contributed by atoms with van der Waals surface area (Å²) in [7, 11) is 1.53. The zero-order valence-corrected chi connectivity index (χ0v) is 13.4. The molecular formula is C15H13N7O3. The van der Waals surface area contributed by atoms with E-state index in [0.717, 1.165) is 0 Å². The van der Waals surface area contributed by atoms with Crippen molar-refractivity contribution < 1.29 is 14.0 Å². The van der Waals surface area contributed by atoms with Crippen LogP contribution in [0.1, 0.15) is 11.5 Å². The molecule has 4 heterocycles.